The molecule has 0 saturated carbocycles. The minimum Gasteiger partial charge on any atom is -0.462 e. The number of alkyl halides is 3. The summed E-state index contributed by atoms with van der Waals surface area (Å²) in [6.45, 7) is 3.06. The van der Waals surface area contributed by atoms with Crippen LogP contribution in [0.4, 0.5) is 42.1 Å². The number of benzene rings is 6. The zero-order valence-corrected chi connectivity index (χ0v) is 38.0. The van der Waals surface area contributed by atoms with Gasteiger partial charge in [0.15, 0.2) is 0 Å². The van der Waals surface area contributed by atoms with Crippen molar-refractivity contribution < 1.29 is 91.1 Å². The van der Waals surface area contributed by atoms with Crippen LogP contribution >= 0.6 is 0 Å². The fraction of sp³-hybridized carbons (Fsp3) is 0.106. The number of fused-ring (bicyclic) bond motifs is 2. The number of rotatable bonds is 12. The van der Waals surface area contributed by atoms with Gasteiger partial charge in [-0.25, -0.2) is 27.2 Å². The lowest BCUT2D eigenvalue weighted by Gasteiger charge is -2.09. The molecule has 2 heterocycles. The average Bonchev–Trinajstić information content (AvgIpc) is 3.90. The summed E-state index contributed by atoms with van der Waals surface area (Å²) in [6, 6.07) is 24.5. The Bertz CT molecular complexity index is 3500. The lowest BCUT2D eigenvalue weighted by molar-refractivity contribution is -0.385. The molecule has 0 fully saturated rings. The number of furan rings is 2. The first kappa shape index (κ1) is 53.7. The number of carbonyl (C=O) groups excluding carboxylic acids is 2. The number of carbonyl (C=O) groups is 2. The van der Waals surface area contributed by atoms with Gasteiger partial charge >= 0.3 is 40.4 Å². The Kier molecular flexibility index (Phi) is 16.3. The van der Waals surface area contributed by atoms with Crippen molar-refractivity contribution in [1.29, 1.82) is 0 Å². The number of esters is 2. The van der Waals surface area contributed by atoms with Gasteiger partial charge in [-0.3, -0.25) is 20.2 Å². The van der Waals surface area contributed by atoms with Crippen molar-refractivity contribution in [3.63, 3.8) is 0 Å². The van der Waals surface area contributed by atoms with E-state index >= 15 is 0 Å². The van der Waals surface area contributed by atoms with Gasteiger partial charge in [-0.15, -0.1) is 0 Å². The largest absolute Gasteiger partial charge is 0.534 e. The van der Waals surface area contributed by atoms with Crippen molar-refractivity contribution in [2.75, 3.05) is 13.2 Å². The van der Waals surface area contributed by atoms with Crippen LogP contribution in [0.2, 0.25) is 0 Å². The summed E-state index contributed by atoms with van der Waals surface area (Å²) in [4.78, 5) is 46.4. The maximum absolute atomic E-state index is 14.4. The molecule has 0 spiro atoms. The predicted molar refractivity (Wildman–Crippen MR) is 246 cm³/mol. The van der Waals surface area contributed by atoms with Crippen LogP contribution in [0.25, 0.3) is 55.7 Å². The minimum atomic E-state index is -6.26. The molecule has 8 rings (SSSR count). The van der Waals surface area contributed by atoms with Crippen molar-refractivity contribution >= 4 is 68.0 Å². The number of nitro benzene ring substituents is 2. The van der Waals surface area contributed by atoms with Gasteiger partial charge in [0.25, 0.3) is 5.69 Å². The van der Waals surface area contributed by atoms with E-state index in [1.165, 1.54) is 91.9 Å². The van der Waals surface area contributed by atoms with E-state index < -0.39 is 79.2 Å². The molecule has 0 saturated heterocycles. The van der Waals surface area contributed by atoms with Gasteiger partial charge in [0.2, 0.25) is 5.75 Å². The molecule has 8 aromatic rings. The summed E-state index contributed by atoms with van der Waals surface area (Å²) >= 11 is 0. The normalized spacial score (nSPS) is 11.2. The summed E-state index contributed by atoms with van der Waals surface area (Å²) in [5, 5.41) is 39.9. The highest BCUT2D eigenvalue weighted by molar-refractivity contribution is 7.88. The molecule has 0 aliphatic heterocycles. The highest BCUT2D eigenvalue weighted by Gasteiger charge is 2.49. The zero-order chi connectivity index (χ0) is 53.5. The molecule has 26 heteroatoms. The first-order chi connectivity index (χ1) is 34.5. The van der Waals surface area contributed by atoms with E-state index in [0.29, 0.717) is 17.7 Å². The molecule has 0 radical (unpaired) electrons. The third kappa shape index (κ3) is 11.9. The van der Waals surface area contributed by atoms with E-state index in [1.54, 1.807) is 13.0 Å². The van der Waals surface area contributed by atoms with Crippen LogP contribution in [0, 0.1) is 43.5 Å². The Balaban J connectivity index is 0.000000200. The van der Waals surface area contributed by atoms with Gasteiger partial charge in [-0.1, -0.05) is 36.4 Å². The van der Waals surface area contributed by atoms with E-state index in [9.17, 15) is 69.0 Å². The molecule has 2 aromatic heterocycles. The molecule has 2 N–H and O–H groups in total. The Morgan fingerprint density at radius 2 is 1.07 bits per heavy atom. The molecule has 0 atom stereocenters. The third-order valence-electron chi connectivity index (χ3n) is 9.97. The van der Waals surface area contributed by atoms with E-state index in [4.69, 9.17) is 28.4 Å². The van der Waals surface area contributed by atoms with E-state index in [1.807, 2.05) is 0 Å². The number of nitro groups is 2. The fourth-order valence-electron chi connectivity index (χ4n) is 6.77. The van der Waals surface area contributed by atoms with Crippen LogP contribution < -0.4 is 9.65 Å². The van der Waals surface area contributed by atoms with Crippen molar-refractivity contribution in [1.82, 2.24) is 0 Å². The van der Waals surface area contributed by atoms with Gasteiger partial charge in [0.1, 0.15) is 57.1 Å². The maximum Gasteiger partial charge on any atom is 0.534 e. The van der Waals surface area contributed by atoms with Crippen molar-refractivity contribution in [3.8, 4) is 39.5 Å². The SMILES string of the molecule is CCOC(=O)c1c(-c2ccc(F)cc2)oc2cc([N+](=O)[O-])c(-c3ccccc3F)cc12.CCOC(=O)c1c(-c2ccc(F)cc2)oc2cc([N+](=O)[O-])c(OS(=O)(=O)C(F)(F)F)cc12.OB(O)c1ccccc1F. The topological polar surface area (TPSA) is 249 Å². The molecular weight excluding hydrogens is 1010 g/mol. The van der Waals surface area contributed by atoms with Crippen molar-refractivity contribution in [3.05, 3.63) is 176 Å². The van der Waals surface area contributed by atoms with E-state index in [0.717, 1.165) is 18.2 Å². The van der Waals surface area contributed by atoms with Gasteiger partial charge in [0, 0.05) is 39.0 Å². The lowest BCUT2D eigenvalue weighted by Crippen LogP contribution is -2.32. The number of hydrogen-bond acceptors (Lipinski definition) is 15. The molecule has 0 aliphatic carbocycles. The van der Waals surface area contributed by atoms with Crippen LogP contribution in [0.3, 0.4) is 0 Å². The van der Waals surface area contributed by atoms with Crippen molar-refractivity contribution in [2.24, 2.45) is 0 Å². The van der Waals surface area contributed by atoms with Crippen LogP contribution in [0.15, 0.2) is 130 Å². The maximum atomic E-state index is 14.4. The molecule has 73 heavy (non-hydrogen) atoms. The second-order valence-electron chi connectivity index (χ2n) is 14.6. The second kappa shape index (κ2) is 22.2. The van der Waals surface area contributed by atoms with Gasteiger partial charge in [0.05, 0.1) is 40.8 Å². The molecular formula is C47H32BF7N2O15S. The van der Waals surface area contributed by atoms with Crippen LogP contribution in [-0.2, 0) is 19.6 Å². The summed E-state index contributed by atoms with van der Waals surface area (Å²) in [6.07, 6.45) is 0. The predicted octanol–water partition coefficient (Wildman–Crippen LogP) is 10.2. The molecule has 0 bridgehead atoms. The number of halogens is 7. The minimum absolute atomic E-state index is 0.00685. The number of nitrogens with zero attached hydrogens (tertiary/aromatic N) is 2. The van der Waals surface area contributed by atoms with Gasteiger partial charge in [-0.05, 0) is 80.6 Å². The third-order valence-corrected chi connectivity index (χ3v) is 10.9. The van der Waals surface area contributed by atoms with Crippen LogP contribution in [0.1, 0.15) is 34.6 Å². The number of ether oxygens (including phenoxy) is 2. The first-order valence-electron chi connectivity index (χ1n) is 20.7. The van der Waals surface area contributed by atoms with Crippen LogP contribution in [0.5, 0.6) is 5.75 Å². The summed E-state index contributed by atoms with van der Waals surface area (Å²) in [5.41, 5.74) is -7.64. The standard InChI is InChI=1S/C23H15F2NO5.C18H11F4NO8S.C6H6BFO2/c1-2-30-23(27)21-17-11-16(15-5-3-4-6-18(15)25)19(26(28)29)12-20(17)31-22(21)13-7-9-14(24)10-8-13;1-2-29-17(24)15-11-7-14(31-32(27,28)18(20,21)22)12(23(25)26)8-13(11)30-16(15)9-3-5-10(19)6-4-9;8-6-4-2-1-3-5(6)7(9)10/h3-12H,2H2,1H3;3-8H,2H2,1H3;1-4,9-10H. The molecule has 17 nitrogen and oxygen atoms in total. The molecule has 0 unspecified atom stereocenters. The van der Waals surface area contributed by atoms with Gasteiger partial charge in [-0.2, -0.15) is 21.6 Å². The fourth-order valence-corrected chi connectivity index (χ4v) is 7.24. The van der Waals surface area contributed by atoms with Crippen molar-refractivity contribution in [2.45, 2.75) is 19.4 Å². The van der Waals surface area contributed by atoms with E-state index in [2.05, 4.69) is 4.18 Å². The Hall–Kier alpha value is -8.62. The summed E-state index contributed by atoms with van der Waals surface area (Å²) in [5.74, 6) is -5.53. The molecule has 0 aliphatic rings. The Morgan fingerprint density at radius 3 is 1.48 bits per heavy atom. The zero-order valence-electron chi connectivity index (χ0n) is 37.2. The highest BCUT2D eigenvalue weighted by Crippen LogP contribution is 2.43. The lowest BCUT2D eigenvalue weighted by atomic mass is 9.80. The Labute approximate surface area is 406 Å². The number of hydrogen-bond donors (Lipinski definition) is 2. The van der Waals surface area contributed by atoms with Crippen LogP contribution in [-0.4, -0.2) is 66.1 Å². The molecule has 6 aromatic carbocycles. The summed E-state index contributed by atoms with van der Waals surface area (Å²) < 4.78 is 140. The second-order valence-corrected chi connectivity index (χ2v) is 16.2. The smallest absolute Gasteiger partial charge is 0.462 e. The molecule has 378 valence electrons. The quantitative estimate of drug-likeness (QED) is 0.0220. The monoisotopic (exact) mass is 1040 g/mol. The van der Waals surface area contributed by atoms with Gasteiger partial charge < -0.3 is 32.5 Å². The first-order valence-corrected chi connectivity index (χ1v) is 22.1. The average molecular weight is 1040 g/mol. The molecule has 0 amide bonds. The highest BCUT2D eigenvalue weighted by atomic mass is 32.2. The Morgan fingerprint density at radius 1 is 0.630 bits per heavy atom. The van der Waals surface area contributed by atoms with E-state index in [-0.39, 0.29) is 85.6 Å². The summed E-state index contributed by atoms with van der Waals surface area (Å²) in [7, 11) is -7.98.